The number of nitrogens with zero attached hydrogens (tertiary/aromatic N) is 2. The summed E-state index contributed by atoms with van der Waals surface area (Å²) in [4.78, 5) is 4.36. The van der Waals surface area contributed by atoms with Crippen molar-refractivity contribution < 1.29 is 4.74 Å². The molecule has 0 aliphatic heterocycles. The molecule has 19 heavy (non-hydrogen) atoms. The number of rotatable bonds is 3. The second-order valence-electron chi connectivity index (χ2n) is 4.05. The van der Waals surface area contributed by atoms with Gasteiger partial charge in [-0.1, -0.05) is 6.07 Å². The van der Waals surface area contributed by atoms with Gasteiger partial charge in [-0.3, -0.25) is 4.98 Å². The number of anilines is 1. The van der Waals surface area contributed by atoms with Crippen LogP contribution in [0.3, 0.4) is 0 Å². The molecule has 1 aromatic carbocycles. The molecule has 0 saturated carbocycles. The van der Waals surface area contributed by atoms with Gasteiger partial charge in [0.15, 0.2) is 5.75 Å². The molecule has 2 aromatic rings. The summed E-state index contributed by atoms with van der Waals surface area (Å²) in [6, 6.07) is 11.2. The predicted octanol–water partition coefficient (Wildman–Crippen LogP) is 3.03. The number of aromatic nitrogens is 1. The van der Waals surface area contributed by atoms with Crippen LogP contribution in [0.5, 0.6) is 5.75 Å². The van der Waals surface area contributed by atoms with Crippen LogP contribution in [-0.2, 0) is 6.61 Å². The first-order valence-corrected chi connectivity index (χ1v) is 6.72. The fourth-order valence-corrected chi connectivity index (χ4v) is 2.46. The second-order valence-corrected chi connectivity index (χ2v) is 5.21. The third kappa shape index (κ3) is 3.35. The topological polar surface area (TPSA) is 71.9 Å². The Balaban J connectivity index is 2.18. The minimum Gasteiger partial charge on any atom is -0.484 e. The highest BCUT2D eigenvalue weighted by Gasteiger charge is 2.09. The zero-order valence-electron chi connectivity index (χ0n) is 10.4. The van der Waals surface area contributed by atoms with E-state index in [0.717, 1.165) is 15.0 Å². The number of nitrogens with two attached hydrogens (primary N) is 1. The Morgan fingerprint density at radius 2 is 2.21 bits per heavy atom. The van der Waals surface area contributed by atoms with E-state index in [0.29, 0.717) is 23.6 Å². The lowest BCUT2D eigenvalue weighted by Crippen LogP contribution is -2.03. The van der Waals surface area contributed by atoms with E-state index in [2.05, 4.69) is 33.6 Å². The van der Waals surface area contributed by atoms with E-state index in [1.807, 2.05) is 25.1 Å². The molecule has 0 spiro atoms. The molecule has 0 amide bonds. The van der Waals surface area contributed by atoms with Crippen molar-refractivity contribution in [2.75, 3.05) is 5.73 Å². The summed E-state index contributed by atoms with van der Waals surface area (Å²) < 4.78 is 6.52. The van der Waals surface area contributed by atoms with Crippen LogP contribution in [0.2, 0.25) is 0 Å². The number of aryl methyl sites for hydroxylation is 1. The van der Waals surface area contributed by atoms with Crippen molar-refractivity contribution in [2.45, 2.75) is 13.5 Å². The van der Waals surface area contributed by atoms with E-state index in [4.69, 9.17) is 15.7 Å². The molecule has 0 atom stereocenters. The molecule has 0 fully saturated rings. The molecule has 1 aromatic heterocycles. The van der Waals surface area contributed by atoms with Crippen molar-refractivity contribution in [1.82, 2.24) is 4.98 Å². The largest absolute Gasteiger partial charge is 0.484 e. The number of hydrogen-bond donors (Lipinski definition) is 1. The first-order valence-electron chi connectivity index (χ1n) is 5.64. The molecular formula is C14H12IN3O. The third-order valence-electron chi connectivity index (χ3n) is 2.51. The van der Waals surface area contributed by atoms with Gasteiger partial charge in [0.25, 0.3) is 0 Å². The molecule has 2 N–H and O–H groups in total. The summed E-state index contributed by atoms with van der Waals surface area (Å²) in [5.41, 5.74) is 8.68. The maximum absolute atomic E-state index is 8.86. The summed E-state index contributed by atoms with van der Waals surface area (Å²) in [6.45, 7) is 2.29. The fraction of sp³-hybridized carbons (Fsp3) is 0.143. The molecule has 0 radical (unpaired) electrons. The lowest BCUT2D eigenvalue weighted by atomic mass is 10.2. The highest BCUT2D eigenvalue weighted by atomic mass is 127. The first-order chi connectivity index (χ1) is 9.10. The van der Waals surface area contributed by atoms with Gasteiger partial charge < -0.3 is 10.5 Å². The van der Waals surface area contributed by atoms with Crippen LogP contribution in [0, 0.1) is 21.8 Å². The molecule has 0 bridgehead atoms. The number of nitriles is 1. The Kier molecular flexibility index (Phi) is 4.22. The molecule has 2 rings (SSSR count). The normalized spacial score (nSPS) is 9.95. The van der Waals surface area contributed by atoms with Gasteiger partial charge in [-0.2, -0.15) is 5.26 Å². The van der Waals surface area contributed by atoms with E-state index in [1.54, 1.807) is 12.1 Å². The van der Waals surface area contributed by atoms with E-state index in [1.165, 1.54) is 0 Å². The summed E-state index contributed by atoms with van der Waals surface area (Å²) in [7, 11) is 0. The highest BCUT2D eigenvalue weighted by Crippen LogP contribution is 2.30. The Labute approximate surface area is 125 Å². The quantitative estimate of drug-likeness (QED) is 0.671. The van der Waals surface area contributed by atoms with Crippen LogP contribution in [0.15, 0.2) is 30.3 Å². The standard InChI is InChI=1S/C14H12IN3O/c1-9-3-2-4-11(18-9)8-19-14-12(15)5-10(7-16)6-13(14)17/h2-6H,8,17H2,1H3. The molecule has 0 aliphatic rings. The van der Waals surface area contributed by atoms with Crippen molar-refractivity contribution in [3.63, 3.8) is 0 Å². The maximum Gasteiger partial charge on any atom is 0.156 e. The van der Waals surface area contributed by atoms with Gasteiger partial charge in [0.1, 0.15) is 6.61 Å². The van der Waals surface area contributed by atoms with Gasteiger partial charge in [-0.15, -0.1) is 0 Å². The average molecular weight is 365 g/mol. The van der Waals surface area contributed by atoms with Crippen LogP contribution in [0.1, 0.15) is 17.0 Å². The highest BCUT2D eigenvalue weighted by molar-refractivity contribution is 14.1. The lowest BCUT2D eigenvalue weighted by Gasteiger charge is -2.11. The molecule has 96 valence electrons. The molecule has 0 unspecified atom stereocenters. The van der Waals surface area contributed by atoms with Crippen LogP contribution in [-0.4, -0.2) is 4.98 Å². The van der Waals surface area contributed by atoms with Crippen molar-refractivity contribution in [3.05, 3.63) is 50.9 Å². The molecule has 0 aliphatic carbocycles. The molecular weight excluding hydrogens is 353 g/mol. The molecule has 0 saturated heterocycles. The third-order valence-corrected chi connectivity index (χ3v) is 3.31. The fourth-order valence-electron chi connectivity index (χ4n) is 1.66. The van der Waals surface area contributed by atoms with E-state index in [-0.39, 0.29) is 0 Å². The number of halogens is 1. The lowest BCUT2D eigenvalue weighted by molar-refractivity contribution is 0.300. The van der Waals surface area contributed by atoms with E-state index < -0.39 is 0 Å². The number of ether oxygens (including phenoxy) is 1. The first kappa shape index (κ1) is 13.6. The van der Waals surface area contributed by atoms with Gasteiger partial charge in [0.2, 0.25) is 0 Å². The van der Waals surface area contributed by atoms with Crippen molar-refractivity contribution in [2.24, 2.45) is 0 Å². The Morgan fingerprint density at radius 3 is 2.84 bits per heavy atom. The SMILES string of the molecule is Cc1cccc(COc2c(N)cc(C#N)cc2I)n1. The Bertz CT molecular complexity index is 626. The molecule has 5 heteroatoms. The number of benzene rings is 1. The van der Waals surface area contributed by atoms with Gasteiger partial charge in [-0.25, -0.2) is 0 Å². The maximum atomic E-state index is 8.86. The summed E-state index contributed by atoms with van der Waals surface area (Å²) in [5, 5.41) is 8.86. The zero-order chi connectivity index (χ0) is 13.8. The number of nitrogen functional groups attached to an aromatic ring is 1. The zero-order valence-corrected chi connectivity index (χ0v) is 12.5. The summed E-state index contributed by atoms with van der Waals surface area (Å²) in [6.07, 6.45) is 0. The molecule has 4 nitrogen and oxygen atoms in total. The van der Waals surface area contributed by atoms with Crippen LogP contribution in [0.25, 0.3) is 0 Å². The second kappa shape index (κ2) is 5.89. The minimum absolute atomic E-state index is 0.355. The van der Waals surface area contributed by atoms with Crippen molar-refractivity contribution in [3.8, 4) is 11.8 Å². The predicted molar refractivity (Wildman–Crippen MR) is 81.6 cm³/mol. The van der Waals surface area contributed by atoms with Crippen molar-refractivity contribution in [1.29, 1.82) is 5.26 Å². The minimum atomic E-state index is 0.355. The number of hydrogen-bond acceptors (Lipinski definition) is 4. The average Bonchev–Trinajstić information content (AvgIpc) is 2.37. The van der Waals surface area contributed by atoms with Gasteiger partial charge in [0, 0.05) is 5.69 Å². The van der Waals surface area contributed by atoms with Crippen LogP contribution in [0.4, 0.5) is 5.69 Å². The Hall–Kier alpha value is -1.81. The van der Waals surface area contributed by atoms with Crippen molar-refractivity contribution >= 4 is 28.3 Å². The van der Waals surface area contributed by atoms with E-state index >= 15 is 0 Å². The smallest absolute Gasteiger partial charge is 0.156 e. The monoisotopic (exact) mass is 365 g/mol. The summed E-state index contributed by atoms with van der Waals surface area (Å²) >= 11 is 2.11. The number of pyridine rings is 1. The van der Waals surface area contributed by atoms with Crippen LogP contribution >= 0.6 is 22.6 Å². The van der Waals surface area contributed by atoms with Crippen LogP contribution < -0.4 is 10.5 Å². The molecule has 1 heterocycles. The van der Waals surface area contributed by atoms with Gasteiger partial charge >= 0.3 is 0 Å². The Morgan fingerprint density at radius 1 is 1.42 bits per heavy atom. The van der Waals surface area contributed by atoms with Gasteiger partial charge in [0.05, 0.1) is 26.6 Å². The van der Waals surface area contributed by atoms with E-state index in [9.17, 15) is 0 Å². The van der Waals surface area contributed by atoms with Gasteiger partial charge in [-0.05, 0) is 53.8 Å². The summed E-state index contributed by atoms with van der Waals surface area (Å²) in [5.74, 6) is 0.600.